The maximum absolute atomic E-state index is 13.0. The number of aryl methyl sites for hydroxylation is 1. The summed E-state index contributed by atoms with van der Waals surface area (Å²) in [6, 6.07) is 5.44. The number of carbonyl (C=O) groups is 1. The van der Waals surface area contributed by atoms with Crippen molar-refractivity contribution in [1.29, 1.82) is 0 Å². The molecule has 0 spiro atoms. The van der Waals surface area contributed by atoms with Crippen LogP contribution in [0.2, 0.25) is 0 Å². The SMILES string of the molecule is Cc1ccc(-n2nccn2)c(C(=O)N2[C@H](CO)OC[C@@H]2C)c1. The highest BCUT2D eigenvalue weighted by molar-refractivity contribution is 5.98. The van der Waals surface area contributed by atoms with E-state index >= 15 is 0 Å². The second-order valence-electron chi connectivity index (χ2n) is 5.37. The first-order chi connectivity index (χ1) is 10.6. The van der Waals surface area contributed by atoms with Crippen LogP contribution >= 0.6 is 0 Å². The highest BCUT2D eigenvalue weighted by Crippen LogP contribution is 2.23. The second-order valence-corrected chi connectivity index (χ2v) is 5.37. The van der Waals surface area contributed by atoms with Gasteiger partial charge in [0.15, 0.2) is 6.23 Å². The van der Waals surface area contributed by atoms with Gasteiger partial charge in [-0.15, -0.1) is 0 Å². The molecule has 1 saturated heterocycles. The molecular weight excluding hydrogens is 284 g/mol. The third-order valence-corrected chi connectivity index (χ3v) is 3.72. The van der Waals surface area contributed by atoms with Crippen LogP contribution in [0.5, 0.6) is 0 Å². The smallest absolute Gasteiger partial charge is 0.258 e. The van der Waals surface area contributed by atoms with E-state index in [0.717, 1.165) is 5.56 Å². The van der Waals surface area contributed by atoms with E-state index in [-0.39, 0.29) is 18.6 Å². The monoisotopic (exact) mass is 302 g/mol. The van der Waals surface area contributed by atoms with Crippen molar-refractivity contribution in [1.82, 2.24) is 19.9 Å². The van der Waals surface area contributed by atoms with Crippen LogP contribution in [0, 0.1) is 6.92 Å². The van der Waals surface area contributed by atoms with E-state index in [2.05, 4.69) is 10.2 Å². The van der Waals surface area contributed by atoms with Crippen molar-refractivity contribution in [2.24, 2.45) is 0 Å². The summed E-state index contributed by atoms with van der Waals surface area (Å²) in [6.45, 7) is 4.01. The molecule has 2 atom stereocenters. The highest BCUT2D eigenvalue weighted by atomic mass is 16.5. The first-order valence-electron chi connectivity index (χ1n) is 7.14. The topological polar surface area (TPSA) is 80.5 Å². The Morgan fingerprint density at radius 1 is 1.41 bits per heavy atom. The normalized spacial score (nSPS) is 21.3. The highest BCUT2D eigenvalue weighted by Gasteiger charge is 2.36. The maximum atomic E-state index is 13.0. The van der Waals surface area contributed by atoms with Gasteiger partial charge in [-0.25, -0.2) is 0 Å². The molecule has 1 amide bonds. The van der Waals surface area contributed by atoms with Crippen molar-refractivity contribution in [2.45, 2.75) is 26.1 Å². The number of hydrogen-bond donors (Lipinski definition) is 1. The summed E-state index contributed by atoms with van der Waals surface area (Å²) in [5, 5.41) is 17.6. The Bertz CT molecular complexity index is 671. The van der Waals surface area contributed by atoms with Gasteiger partial charge in [-0.2, -0.15) is 15.0 Å². The summed E-state index contributed by atoms with van der Waals surface area (Å²) in [4.78, 5) is 16.0. The number of ether oxygens (including phenoxy) is 1. The Labute approximate surface area is 128 Å². The van der Waals surface area contributed by atoms with E-state index in [9.17, 15) is 9.90 Å². The first-order valence-corrected chi connectivity index (χ1v) is 7.14. The lowest BCUT2D eigenvalue weighted by Gasteiger charge is -2.26. The minimum Gasteiger partial charge on any atom is -0.392 e. The molecule has 1 N–H and O–H groups in total. The lowest BCUT2D eigenvalue weighted by atomic mass is 10.1. The summed E-state index contributed by atoms with van der Waals surface area (Å²) in [5.41, 5.74) is 2.07. The molecule has 0 unspecified atom stereocenters. The van der Waals surface area contributed by atoms with Gasteiger partial charge >= 0.3 is 0 Å². The molecule has 116 valence electrons. The molecule has 1 fully saturated rings. The summed E-state index contributed by atoms with van der Waals surface area (Å²) in [6.07, 6.45) is 2.51. The van der Waals surface area contributed by atoms with Gasteiger partial charge in [0.2, 0.25) is 0 Å². The third kappa shape index (κ3) is 2.49. The lowest BCUT2D eigenvalue weighted by Crippen LogP contribution is -2.42. The average Bonchev–Trinajstić information content (AvgIpc) is 3.15. The molecule has 3 rings (SSSR count). The van der Waals surface area contributed by atoms with E-state index in [1.54, 1.807) is 23.4 Å². The Morgan fingerprint density at radius 3 is 2.82 bits per heavy atom. The largest absolute Gasteiger partial charge is 0.392 e. The first kappa shape index (κ1) is 14.7. The minimum atomic E-state index is -0.610. The zero-order chi connectivity index (χ0) is 15.7. The van der Waals surface area contributed by atoms with Gasteiger partial charge in [-0.3, -0.25) is 4.79 Å². The average molecular weight is 302 g/mol. The van der Waals surface area contributed by atoms with Gasteiger partial charge in [-0.1, -0.05) is 11.6 Å². The molecule has 2 heterocycles. The quantitative estimate of drug-likeness (QED) is 0.905. The molecule has 0 radical (unpaired) electrons. The van der Waals surface area contributed by atoms with Crippen molar-refractivity contribution in [2.75, 3.05) is 13.2 Å². The molecular formula is C15H18N4O3. The van der Waals surface area contributed by atoms with Gasteiger partial charge < -0.3 is 14.7 Å². The number of rotatable bonds is 3. The number of nitrogens with zero attached hydrogens (tertiary/aromatic N) is 4. The zero-order valence-electron chi connectivity index (χ0n) is 12.5. The Morgan fingerprint density at radius 2 is 2.14 bits per heavy atom. The number of aromatic nitrogens is 3. The van der Waals surface area contributed by atoms with Crippen LogP contribution in [0.3, 0.4) is 0 Å². The van der Waals surface area contributed by atoms with E-state index in [1.165, 1.54) is 4.80 Å². The van der Waals surface area contributed by atoms with Crippen molar-refractivity contribution in [3.8, 4) is 5.69 Å². The van der Waals surface area contributed by atoms with Crippen LogP contribution < -0.4 is 0 Å². The molecule has 0 saturated carbocycles. The number of hydrogen-bond acceptors (Lipinski definition) is 5. The van der Waals surface area contributed by atoms with Crippen LogP contribution in [-0.4, -0.2) is 56.4 Å². The van der Waals surface area contributed by atoms with Gasteiger partial charge in [-0.05, 0) is 26.0 Å². The van der Waals surface area contributed by atoms with Crippen molar-refractivity contribution < 1.29 is 14.6 Å². The summed E-state index contributed by atoms with van der Waals surface area (Å²) >= 11 is 0. The molecule has 1 aliphatic rings. The van der Waals surface area contributed by atoms with Crippen LogP contribution in [0.15, 0.2) is 30.6 Å². The van der Waals surface area contributed by atoms with E-state index in [1.807, 2.05) is 26.0 Å². The van der Waals surface area contributed by atoms with Crippen LogP contribution in [0.25, 0.3) is 5.69 Å². The van der Waals surface area contributed by atoms with Crippen molar-refractivity contribution in [3.05, 3.63) is 41.7 Å². The molecule has 22 heavy (non-hydrogen) atoms. The number of aliphatic hydroxyl groups is 1. The van der Waals surface area contributed by atoms with Crippen molar-refractivity contribution in [3.63, 3.8) is 0 Å². The van der Waals surface area contributed by atoms with Crippen LogP contribution in [0.4, 0.5) is 0 Å². The number of amides is 1. The van der Waals surface area contributed by atoms with Gasteiger partial charge in [0, 0.05) is 0 Å². The van der Waals surface area contributed by atoms with E-state index in [0.29, 0.717) is 17.9 Å². The third-order valence-electron chi connectivity index (χ3n) is 3.72. The molecule has 7 nitrogen and oxygen atoms in total. The fourth-order valence-electron chi connectivity index (χ4n) is 2.64. The van der Waals surface area contributed by atoms with Crippen LogP contribution in [-0.2, 0) is 4.74 Å². The Hall–Kier alpha value is -2.25. The van der Waals surface area contributed by atoms with E-state index in [4.69, 9.17) is 4.74 Å². The molecule has 2 aromatic rings. The molecule has 0 bridgehead atoms. The Balaban J connectivity index is 2.03. The number of carbonyl (C=O) groups excluding carboxylic acids is 1. The summed E-state index contributed by atoms with van der Waals surface area (Å²) in [7, 11) is 0. The fraction of sp³-hybridized carbons (Fsp3) is 0.400. The second kappa shape index (κ2) is 5.86. The summed E-state index contributed by atoms with van der Waals surface area (Å²) < 4.78 is 5.45. The number of aliphatic hydroxyl groups excluding tert-OH is 1. The maximum Gasteiger partial charge on any atom is 0.258 e. The lowest BCUT2D eigenvalue weighted by molar-refractivity contribution is -0.00630. The van der Waals surface area contributed by atoms with Crippen molar-refractivity contribution >= 4 is 5.91 Å². The standard InChI is InChI=1S/C15H18N4O3/c1-10-3-4-13(19-16-5-6-17-19)12(7-10)15(21)18-11(2)9-22-14(18)8-20/h3-7,11,14,20H,8-9H2,1-2H3/t11-,14-/m0/s1. The van der Waals surface area contributed by atoms with Gasteiger partial charge in [0.05, 0.1) is 42.9 Å². The molecule has 1 aromatic carbocycles. The van der Waals surface area contributed by atoms with Gasteiger partial charge in [0.25, 0.3) is 5.91 Å². The molecule has 7 heteroatoms. The zero-order valence-corrected chi connectivity index (χ0v) is 12.5. The molecule has 1 aliphatic heterocycles. The number of benzene rings is 1. The van der Waals surface area contributed by atoms with E-state index < -0.39 is 6.23 Å². The molecule has 0 aliphatic carbocycles. The van der Waals surface area contributed by atoms with Gasteiger partial charge in [0.1, 0.15) is 0 Å². The fourth-order valence-corrected chi connectivity index (χ4v) is 2.64. The Kier molecular flexibility index (Phi) is 3.91. The predicted octanol–water partition coefficient (Wildman–Crippen LogP) is 0.755. The molecule has 1 aromatic heterocycles. The minimum absolute atomic E-state index is 0.0939. The summed E-state index contributed by atoms with van der Waals surface area (Å²) in [5.74, 6) is -0.194. The predicted molar refractivity (Wildman–Crippen MR) is 78.6 cm³/mol. The van der Waals surface area contributed by atoms with Crippen LogP contribution in [0.1, 0.15) is 22.8 Å².